The minimum atomic E-state index is -0.387. The summed E-state index contributed by atoms with van der Waals surface area (Å²) in [6.07, 6.45) is 0.247. The van der Waals surface area contributed by atoms with Crippen LogP contribution in [0.25, 0.3) is 10.9 Å². The van der Waals surface area contributed by atoms with Gasteiger partial charge < -0.3 is 19.7 Å². The Morgan fingerprint density at radius 1 is 1.15 bits per heavy atom. The maximum Gasteiger partial charge on any atom is 0.322 e. The number of fused-ring (bicyclic) bond motifs is 1. The van der Waals surface area contributed by atoms with Gasteiger partial charge in [-0.05, 0) is 43.3 Å². The molecular weight excluding hydrogens is 518 g/mol. The van der Waals surface area contributed by atoms with E-state index in [1.807, 2.05) is 37.3 Å². The van der Waals surface area contributed by atoms with Crippen LogP contribution in [0.5, 0.6) is 5.75 Å². The van der Waals surface area contributed by atoms with Gasteiger partial charge in [0.05, 0.1) is 30.5 Å². The molecule has 4 aromatic rings. The predicted molar refractivity (Wildman–Crippen MR) is 147 cm³/mol. The zero-order valence-electron chi connectivity index (χ0n) is 21.7. The number of hydrogen-bond donors (Lipinski definition) is 2. The summed E-state index contributed by atoms with van der Waals surface area (Å²) in [7, 11) is 1.54. The number of ether oxygens (including phenoxy) is 2. The van der Waals surface area contributed by atoms with E-state index in [9.17, 15) is 14.4 Å². The normalized spacial score (nSPS) is 16.9. The lowest BCUT2D eigenvalue weighted by Crippen LogP contribution is -2.40. The second-order valence-corrected chi connectivity index (χ2v) is 10.4. The first-order valence-electron chi connectivity index (χ1n) is 12.6. The molecule has 1 fully saturated rings. The second kappa shape index (κ2) is 11.7. The highest BCUT2D eigenvalue weighted by molar-refractivity contribution is 7.08. The summed E-state index contributed by atoms with van der Waals surface area (Å²) in [5.74, 6) is 0.00669. The molecule has 3 heterocycles. The third-order valence-electron chi connectivity index (χ3n) is 6.72. The molecule has 2 aromatic heterocycles. The Kier molecular flexibility index (Phi) is 7.99. The van der Waals surface area contributed by atoms with Crippen LogP contribution in [0.1, 0.15) is 39.0 Å². The lowest BCUT2D eigenvalue weighted by molar-refractivity contribution is -0.131. The van der Waals surface area contributed by atoms with Crippen LogP contribution in [0.3, 0.4) is 0 Å². The van der Waals surface area contributed by atoms with E-state index in [2.05, 4.69) is 20.5 Å². The Balaban J connectivity index is 1.25. The van der Waals surface area contributed by atoms with Gasteiger partial charge >= 0.3 is 4.87 Å². The van der Waals surface area contributed by atoms with E-state index in [1.54, 1.807) is 36.3 Å². The summed E-state index contributed by atoms with van der Waals surface area (Å²) < 4.78 is 11.0. The van der Waals surface area contributed by atoms with Gasteiger partial charge in [-0.3, -0.25) is 19.4 Å². The Morgan fingerprint density at radius 3 is 2.69 bits per heavy atom. The van der Waals surface area contributed by atoms with E-state index in [-0.39, 0.29) is 35.1 Å². The van der Waals surface area contributed by atoms with Crippen LogP contribution in [0, 0.1) is 6.92 Å². The molecule has 5 rings (SSSR count). The number of benzene rings is 2. The molecule has 2 atom stereocenters. The maximum absolute atomic E-state index is 13.1. The van der Waals surface area contributed by atoms with Crippen LogP contribution in [0.4, 0.5) is 0 Å². The molecule has 0 unspecified atom stereocenters. The van der Waals surface area contributed by atoms with Crippen LogP contribution in [-0.2, 0) is 16.1 Å². The Hall–Kier alpha value is -4.09. The molecule has 1 saturated heterocycles. The predicted octanol–water partition coefficient (Wildman–Crippen LogP) is 3.03. The molecule has 0 aliphatic carbocycles. The summed E-state index contributed by atoms with van der Waals surface area (Å²) in [6.45, 7) is 3.34. The van der Waals surface area contributed by atoms with Crippen LogP contribution in [-0.4, -0.2) is 64.7 Å². The van der Waals surface area contributed by atoms with Crippen LogP contribution >= 0.6 is 11.3 Å². The number of carbonyl (C=O) groups excluding carboxylic acids is 2. The van der Waals surface area contributed by atoms with Crippen molar-refractivity contribution in [3.05, 3.63) is 86.1 Å². The topological polar surface area (TPSA) is 127 Å². The number of para-hydroxylation sites is 1. The van der Waals surface area contributed by atoms with Crippen molar-refractivity contribution < 1.29 is 19.1 Å². The van der Waals surface area contributed by atoms with Crippen molar-refractivity contribution in [1.29, 1.82) is 0 Å². The summed E-state index contributed by atoms with van der Waals surface area (Å²) in [5, 5.41) is 11.2. The molecule has 39 heavy (non-hydrogen) atoms. The minimum Gasteiger partial charge on any atom is -0.489 e. The SMILES string of the molecule is COCCC(=O)N1C[C@H](c2n[nH]c(=O)s2)[C@H](NC(=O)c2ccc(OCc3cc(C)nc4ccccc34)cc2)C1. The number of aryl methyl sites for hydroxylation is 1. The number of amides is 2. The molecule has 10 nitrogen and oxygen atoms in total. The van der Waals surface area contributed by atoms with Gasteiger partial charge in [-0.15, -0.1) is 0 Å². The van der Waals surface area contributed by atoms with E-state index in [0.717, 1.165) is 33.5 Å². The number of aromatic nitrogens is 3. The molecule has 11 heteroatoms. The van der Waals surface area contributed by atoms with E-state index in [1.165, 1.54) is 0 Å². The molecule has 0 spiro atoms. The lowest BCUT2D eigenvalue weighted by atomic mass is 10.0. The zero-order valence-corrected chi connectivity index (χ0v) is 22.5. The number of rotatable bonds is 9. The van der Waals surface area contributed by atoms with Gasteiger partial charge in [0.2, 0.25) is 5.91 Å². The number of methoxy groups -OCH3 is 1. The third kappa shape index (κ3) is 6.15. The number of carbonyl (C=O) groups is 2. The van der Waals surface area contributed by atoms with Gasteiger partial charge in [0, 0.05) is 42.4 Å². The Labute approximate surface area is 229 Å². The highest BCUT2D eigenvalue weighted by Crippen LogP contribution is 2.29. The van der Waals surface area contributed by atoms with E-state index in [4.69, 9.17) is 9.47 Å². The summed E-state index contributed by atoms with van der Waals surface area (Å²) >= 11 is 0.994. The van der Waals surface area contributed by atoms with Crippen molar-refractivity contribution in [2.45, 2.75) is 31.9 Å². The average molecular weight is 548 g/mol. The van der Waals surface area contributed by atoms with Crippen LogP contribution < -0.4 is 14.9 Å². The first-order valence-corrected chi connectivity index (χ1v) is 13.4. The highest BCUT2D eigenvalue weighted by Gasteiger charge is 2.39. The highest BCUT2D eigenvalue weighted by atomic mass is 32.1. The van der Waals surface area contributed by atoms with Gasteiger partial charge in [0.25, 0.3) is 5.91 Å². The van der Waals surface area contributed by atoms with Crippen molar-refractivity contribution in [2.24, 2.45) is 0 Å². The summed E-state index contributed by atoms with van der Waals surface area (Å²) in [6, 6.07) is 16.5. The molecular formula is C28H29N5O5S. The minimum absolute atomic E-state index is 0.0693. The quantitative estimate of drug-likeness (QED) is 0.330. The van der Waals surface area contributed by atoms with Crippen molar-refractivity contribution in [3.8, 4) is 5.75 Å². The molecule has 0 radical (unpaired) electrons. The molecule has 1 aliphatic heterocycles. The Morgan fingerprint density at radius 2 is 1.95 bits per heavy atom. The average Bonchev–Trinajstić information content (AvgIpc) is 3.56. The number of nitrogens with one attached hydrogen (secondary N) is 2. The fourth-order valence-electron chi connectivity index (χ4n) is 4.78. The number of hydrogen-bond acceptors (Lipinski definition) is 8. The number of aromatic amines is 1. The zero-order chi connectivity index (χ0) is 27.4. The molecule has 2 amide bonds. The summed E-state index contributed by atoms with van der Waals surface area (Å²) in [5.41, 5.74) is 3.35. The van der Waals surface area contributed by atoms with Crippen molar-refractivity contribution in [2.75, 3.05) is 26.8 Å². The largest absolute Gasteiger partial charge is 0.489 e. The number of H-pyrrole nitrogens is 1. The number of likely N-dealkylation sites (tertiary alicyclic amines) is 1. The van der Waals surface area contributed by atoms with Crippen LogP contribution in [0.2, 0.25) is 0 Å². The second-order valence-electron chi connectivity index (χ2n) is 9.43. The molecule has 0 saturated carbocycles. The first kappa shape index (κ1) is 26.5. The lowest BCUT2D eigenvalue weighted by Gasteiger charge is -2.18. The van der Waals surface area contributed by atoms with Gasteiger partial charge in [0.1, 0.15) is 17.4 Å². The summed E-state index contributed by atoms with van der Waals surface area (Å²) in [4.78, 5) is 43.4. The standard InChI is InChI=1S/C28H29N5O5S/c1-17-13-19(21-5-3-4-6-23(21)29-17)16-38-20-9-7-18(8-10-20)26(35)30-24-15-33(25(34)11-12-37-2)14-22(24)27-31-32-28(36)39-27/h3-10,13,22,24H,11-12,14-16H2,1-2H3,(H,30,35)(H,32,36)/t22-,24+/m0/s1. The van der Waals surface area contributed by atoms with Gasteiger partial charge in [-0.2, -0.15) is 5.10 Å². The van der Waals surface area contributed by atoms with Crippen molar-refractivity contribution in [3.63, 3.8) is 0 Å². The first-order chi connectivity index (χ1) is 18.9. The van der Waals surface area contributed by atoms with Gasteiger partial charge in [-0.25, -0.2) is 5.10 Å². The van der Waals surface area contributed by atoms with Gasteiger partial charge in [0.15, 0.2) is 0 Å². The molecule has 2 aromatic carbocycles. The fraction of sp³-hybridized carbons (Fsp3) is 0.321. The Bertz CT molecular complexity index is 1530. The van der Waals surface area contributed by atoms with Crippen LogP contribution in [0.15, 0.2) is 59.4 Å². The third-order valence-corrected chi connectivity index (χ3v) is 7.60. The maximum atomic E-state index is 13.1. The van der Waals surface area contributed by atoms with Crippen molar-refractivity contribution in [1.82, 2.24) is 25.4 Å². The van der Waals surface area contributed by atoms with E-state index >= 15 is 0 Å². The van der Waals surface area contributed by atoms with E-state index < -0.39 is 0 Å². The molecule has 1 aliphatic rings. The van der Waals surface area contributed by atoms with Crippen molar-refractivity contribution >= 4 is 34.1 Å². The molecule has 2 N–H and O–H groups in total. The fourth-order valence-corrected chi connectivity index (χ4v) is 5.54. The van der Waals surface area contributed by atoms with Gasteiger partial charge in [-0.1, -0.05) is 29.5 Å². The number of pyridine rings is 1. The smallest absolute Gasteiger partial charge is 0.322 e. The van der Waals surface area contributed by atoms with E-state index in [0.29, 0.717) is 42.6 Å². The number of nitrogens with zero attached hydrogens (tertiary/aromatic N) is 3. The molecule has 202 valence electrons. The monoisotopic (exact) mass is 547 g/mol. The molecule has 0 bridgehead atoms.